The Morgan fingerprint density at radius 3 is 2.40 bits per heavy atom. The third kappa shape index (κ3) is 5.23. The van der Waals surface area contributed by atoms with Crippen LogP contribution in [-0.4, -0.2) is 26.7 Å². The van der Waals surface area contributed by atoms with E-state index in [4.69, 9.17) is 9.47 Å². The van der Waals surface area contributed by atoms with E-state index in [0.29, 0.717) is 13.0 Å². The highest BCUT2D eigenvalue weighted by molar-refractivity contribution is 9.10. The lowest BCUT2D eigenvalue weighted by atomic mass is 10.0. The molecule has 1 amide bonds. The maximum Gasteiger partial charge on any atom is 0.224 e. The van der Waals surface area contributed by atoms with Gasteiger partial charge in [-0.25, -0.2) is 0 Å². The van der Waals surface area contributed by atoms with Crippen molar-refractivity contribution in [1.82, 2.24) is 5.32 Å². The number of carbonyl (C=O) groups is 1. The average molecular weight is 406 g/mol. The Kier molecular flexibility index (Phi) is 6.88. The Balaban J connectivity index is 1.90. The number of benzene rings is 2. The number of ether oxygens (including phenoxy) is 2. The van der Waals surface area contributed by atoms with Gasteiger partial charge in [-0.15, -0.1) is 0 Å². The molecular weight excluding hydrogens is 382 g/mol. The number of nitrogens with one attached hydrogen (secondary N) is 1. The predicted octanol–water partition coefficient (Wildman–Crippen LogP) is 3.98. The van der Waals surface area contributed by atoms with Gasteiger partial charge in [0.15, 0.2) is 0 Å². The molecule has 0 fully saturated rings. The summed E-state index contributed by atoms with van der Waals surface area (Å²) in [6.07, 6.45) is 1.10. The summed E-state index contributed by atoms with van der Waals surface area (Å²) in [5.74, 6) is 1.63. The SMILES string of the molecule is COc1cc(CCNC(=O)Cc2cc(C)c(C)c(OC)c2)ccc1Br. The molecule has 0 aliphatic rings. The minimum atomic E-state index is 0.00869. The van der Waals surface area contributed by atoms with E-state index in [9.17, 15) is 4.79 Å². The molecule has 0 unspecified atom stereocenters. The minimum absolute atomic E-state index is 0.00869. The van der Waals surface area contributed by atoms with Crippen LogP contribution in [0.25, 0.3) is 0 Å². The van der Waals surface area contributed by atoms with E-state index < -0.39 is 0 Å². The van der Waals surface area contributed by atoms with Crippen LogP contribution in [-0.2, 0) is 17.6 Å². The van der Waals surface area contributed by atoms with Crippen molar-refractivity contribution < 1.29 is 14.3 Å². The van der Waals surface area contributed by atoms with Gasteiger partial charge >= 0.3 is 0 Å². The van der Waals surface area contributed by atoms with Crippen LogP contribution in [0.1, 0.15) is 22.3 Å². The van der Waals surface area contributed by atoms with Crippen LogP contribution in [0.15, 0.2) is 34.8 Å². The molecule has 2 rings (SSSR count). The first-order valence-corrected chi connectivity index (χ1v) is 8.97. The number of rotatable bonds is 7. The Morgan fingerprint density at radius 1 is 1.04 bits per heavy atom. The molecule has 134 valence electrons. The lowest BCUT2D eigenvalue weighted by Gasteiger charge is -2.11. The lowest BCUT2D eigenvalue weighted by molar-refractivity contribution is -0.120. The third-order valence-corrected chi connectivity index (χ3v) is 4.87. The van der Waals surface area contributed by atoms with Gasteiger partial charge in [0.05, 0.1) is 25.1 Å². The summed E-state index contributed by atoms with van der Waals surface area (Å²) in [5, 5.41) is 2.97. The molecule has 0 radical (unpaired) electrons. The molecule has 2 aromatic rings. The van der Waals surface area contributed by atoms with Crippen LogP contribution in [0.3, 0.4) is 0 Å². The molecule has 25 heavy (non-hydrogen) atoms. The molecular formula is C20H24BrNO3. The first-order chi connectivity index (χ1) is 11.9. The Bertz CT molecular complexity index is 759. The maximum absolute atomic E-state index is 12.2. The summed E-state index contributed by atoms with van der Waals surface area (Å²) in [5.41, 5.74) is 4.32. The van der Waals surface area contributed by atoms with Gasteiger partial charge in [-0.1, -0.05) is 12.1 Å². The molecule has 0 bridgehead atoms. The van der Waals surface area contributed by atoms with Gasteiger partial charge in [0, 0.05) is 6.54 Å². The zero-order valence-electron chi connectivity index (χ0n) is 15.1. The van der Waals surface area contributed by atoms with Gasteiger partial charge in [-0.2, -0.15) is 0 Å². The number of aryl methyl sites for hydroxylation is 1. The first-order valence-electron chi connectivity index (χ1n) is 8.17. The third-order valence-electron chi connectivity index (χ3n) is 4.22. The quantitative estimate of drug-likeness (QED) is 0.757. The Morgan fingerprint density at radius 2 is 1.72 bits per heavy atom. The van der Waals surface area contributed by atoms with Crippen molar-refractivity contribution in [2.24, 2.45) is 0 Å². The van der Waals surface area contributed by atoms with Crippen LogP contribution in [0.4, 0.5) is 0 Å². The summed E-state index contributed by atoms with van der Waals surface area (Å²) in [6.45, 7) is 4.64. The number of amides is 1. The molecule has 1 N–H and O–H groups in total. The van der Waals surface area contributed by atoms with Crippen molar-refractivity contribution in [2.45, 2.75) is 26.7 Å². The molecule has 2 aromatic carbocycles. The molecule has 0 aliphatic carbocycles. The van der Waals surface area contributed by atoms with E-state index in [0.717, 1.165) is 44.6 Å². The smallest absolute Gasteiger partial charge is 0.224 e. The van der Waals surface area contributed by atoms with Crippen molar-refractivity contribution in [1.29, 1.82) is 0 Å². The topological polar surface area (TPSA) is 47.6 Å². The van der Waals surface area contributed by atoms with Gasteiger partial charge in [0.2, 0.25) is 5.91 Å². The average Bonchev–Trinajstić information content (AvgIpc) is 2.59. The first kappa shape index (κ1) is 19.3. The molecule has 0 atom stereocenters. The Labute approximate surface area is 157 Å². The summed E-state index contributed by atoms with van der Waals surface area (Å²) >= 11 is 3.44. The fourth-order valence-corrected chi connectivity index (χ4v) is 3.08. The monoisotopic (exact) mass is 405 g/mol. The number of halogens is 1. The second-order valence-electron chi connectivity index (χ2n) is 5.99. The number of carbonyl (C=O) groups excluding carboxylic acids is 1. The zero-order valence-corrected chi connectivity index (χ0v) is 16.7. The van der Waals surface area contributed by atoms with E-state index in [1.807, 2.05) is 44.2 Å². The Hall–Kier alpha value is -2.01. The second kappa shape index (κ2) is 8.90. The van der Waals surface area contributed by atoms with E-state index in [1.165, 1.54) is 0 Å². The van der Waals surface area contributed by atoms with Crippen molar-refractivity contribution >= 4 is 21.8 Å². The molecule has 0 saturated heterocycles. The molecule has 0 aliphatic heterocycles. The van der Waals surface area contributed by atoms with Crippen molar-refractivity contribution in [3.63, 3.8) is 0 Å². The summed E-state index contributed by atoms with van der Waals surface area (Å²) < 4.78 is 11.6. The number of hydrogen-bond acceptors (Lipinski definition) is 3. The lowest BCUT2D eigenvalue weighted by Crippen LogP contribution is -2.27. The van der Waals surface area contributed by atoms with Crippen LogP contribution in [0.5, 0.6) is 11.5 Å². The van der Waals surface area contributed by atoms with E-state index >= 15 is 0 Å². The second-order valence-corrected chi connectivity index (χ2v) is 6.84. The van der Waals surface area contributed by atoms with Crippen LogP contribution < -0.4 is 14.8 Å². The standard InChI is InChI=1S/C20H24BrNO3/c1-13-9-16(11-18(24-3)14(13)2)12-20(23)22-8-7-15-5-6-17(21)19(10-15)25-4/h5-6,9-11H,7-8,12H2,1-4H3,(H,22,23). The fraction of sp³-hybridized carbons (Fsp3) is 0.350. The summed E-state index contributed by atoms with van der Waals surface area (Å²) in [6, 6.07) is 9.92. The molecule has 4 nitrogen and oxygen atoms in total. The fourth-order valence-electron chi connectivity index (χ4n) is 2.67. The molecule has 0 saturated carbocycles. The number of hydrogen-bond donors (Lipinski definition) is 1. The van der Waals surface area contributed by atoms with Crippen LogP contribution in [0, 0.1) is 13.8 Å². The van der Waals surface area contributed by atoms with Crippen molar-refractivity contribution in [2.75, 3.05) is 20.8 Å². The normalized spacial score (nSPS) is 10.4. The van der Waals surface area contributed by atoms with Gasteiger partial charge in [0.1, 0.15) is 11.5 Å². The van der Waals surface area contributed by atoms with Crippen LogP contribution >= 0.6 is 15.9 Å². The highest BCUT2D eigenvalue weighted by atomic mass is 79.9. The minimum Gasteiger partial charge on any atom is -0.496 e. The molecule has 0 heterocycles. The zero-order chi connectivity index (χ0) is 18.4. The molecule has 0 aromatic heterocycles. The highest BCUT2D eigenvalue weighted by Gasteiger charge is 2.09. The summed E-state index contributed by atoms with van der Waals surface area (Å²) in [7, 11) is 3.29. The van der Waals surface area contributed by atoms with Gasteiger partial charge in [0.25, 0.3) is 0 Å². The van der Waals surface area contributed by atoms with Crippen LogP contribution in [0.2, 0.25) is 0 Å². The molecule has 0 spiro atoms. The predicted molar refractivity (Wildman–Crippen MR) is 104 cm³/mol. The number of methoxy groups -OCH3 is 2. The highest BCUT2D eigenvalue weighted by Crippen LogP contribution is 2.26. The van der Waals surface area contributed by atoms with Gasteiger partial charge in [-0.3, -0.25) is 4.79 Å². The van der Waals surface area contributed by atoms with E-state index in [-0.39, 0.29) is 5.91 Å². The molecule has 5 heteroatoms. The van der Waals surface area contributed by atoms with E-state index in [1.54, 1.807) is 14.2 Å². The summed E-state index contributed by atoms with van der Waals surface area (Å²) in [4.78, 5) is 12.2. The largest absolute Gasteiger partial charge is 0.496 e. The van der Waals surface area contributed by atoms with E-state index in [2.05, 4.69) is 21.2 Å². The maximum atomic E-state index is 12.2. The van der Waals surface area contributed by atoms with Crippen molar-refractivity contribution in [3.8, 4) is 11.5 Å². The van der Waals surface area contributed by atoms with Crippen molar-refractivity contribution in [3.05, 3.63) is 57.1 Å². The van der Waals surface area contributed by atoms with Gasteiger partial charge < -0.3 is 14.8 Å². The van der Waals surface area contributed by atoms with Gasteiger partial charge in [-0.05, 0) is 76.7 Å².